The molecule has 0 fully saturated rings. The average molecular weight is 408 g/mol. The molecule has 5 nitrogen and oxygen atoms in total. The van der Waals surface area contributed by atoms with E-state index in [-0.39, 0.29) is 11.9 Å². The highest BCUT2D eigenvalue weighted by atomic mass is 35.5. The Kier molecular flexibility index (Phi) is 6.23. The summed E-state index contributed by atoms with van der Waals surface area (Å²) in [6, 6.07) is 11.8. The second-order valence-corrected chi connectivity index (χ2v) is 7.21. The van der Waals surface area contributed by atoms with Crippen LogP contribution < -0.4 is 9.47 Å². The van der Waals surface area contributed by atoms with Crippen molar-refractivity contribution in [3.63, 3.8) is 0 Å². The van der Waals surface area contributed by atoms with E-state index in [2.05, 4.69) is 10.2 Å². The molecule has 0 radical (unpaired) electrons. The molecule has 0 aliphatic carbocycles. The van der Waals surface area contributed by atoms with Crippen molar-refractivity contribution >= 4 is 23.4 Å². The summed E-state index contributed by atoms with van der Waals surface area (Å²) in [5, 5.41) is 9.61. The van der Waals surface area contributed by atoms with Crippen molar-refractivity contribution in [2.24, 2.45) is 7.05 Å². The molecule has 3 aromatic rings. The predicted molar refractivity (Wildman–Crippen MR) is 104 cm³/mol. The molecule has 0 saturated carbocycles. The number of hydrogen-bond donors (Lipinski definition) is 0. The van der Waals surface area contributed by atoms with Crippen LogP contribution in [0.25, 0.3) is 0 Å². The highest BCUT2D eigenvalue weighted by Gasteiger charge is 2.17. The average Bonchev–Trinajstić information content (AvgIpc) is 3.02. The molecule has 1 unspecified atom stereocenters. The lowest BCUT2D eigenvalue weighted by Gasteiger charge is -2.14. The number of methoxy groups -OCH3 is 1. The van der Waals surface area contributed by atoms with Gasteiger partial charge in [0.15, 0.2) is 17.1 Å². The van der Waals surface area contributed by atoms with Gasteiger partial charge in [-0.2, -0.15) is 0 Å². The largest absolute Gasteiger partial charge is 0.497 e. The summed E-state index contributed by atoms with van der Waals surface area (Å²) in [5.74, 6) is 2.42. The third kappa shape index (κ3) is 4.73. The highest BCUT2D eigenvalue weighted by molar-refractivity contribution is 7.98. The number of nitrogens with zero attached hydrogens (tertiary/aromatic N) is 3. The Balaban J connectivity index is 1.66. The number of hydrogen-bond acceptors (Lipinski definition) is 5. The van der Waals surface area contributed by atoms with Gasteiger partial charge in [0.2, 0.25) is 0 Å². The van der Waals surface area contributed by atoms with Crippen LogP contribution in [-0.4, -0.2) is 21.9 Å². The first-order valence-corrected chi connectivity index (χ1v) is 9.61. The molecule has 8 heteroatoms. The molecule has 2 aromatic carbocycles. The maximum absolute atomic E-state index is 13.1. The van der Waals surface area contributed by atoms with Crippen molar-refractivity contribution in [1.29, 1.82) is 0 Å². The minimum absolute atomic E-state index is 0.278. The van der Waals surface area contributed by atoms with Crippen LogP contribution >= 0.6 is 23.4 Å². The van der Waals surface area contributed by atoms with E-state index >= 15 is 0 Å². The van der Waals surface area contributed by atoms with Gasteiger partial charge < -0.3 is 14.0 Å². The summed E-state index contributed by atoms with van der Waals surface area (Å²) in [6.45, 7) is 1.92. The quantitative estimate of drug-likeness (QED) is 0.513. The van der Waals surface area contributed by atoms with E-state index in [0.717, 1.165) is 22.2 Å². The summed E-state index contributed by atoms with van der Waals surface area (Å²) < 4.78 is 26.1. The molecule has 142 valence electrons. The van der Waals surface area contributed by atoms with E-state index in [1.807, 2.05) is 42.8 Å². The molecular formula is C19H19ClFN3O2S. The fraction of sp³-hybridized carbons (Fsp3) is 0.263. The Morgan fingerprint density at radius 2 is 1.85 bits per heavy atom. The van der Waals surface area contributed by atoms with Crippen molar-refractivity contribution in [3.05, 3.63) is 64.7 Å². The number of halogens is 2. The van der Waals surface area contributed by atoms with Crippen molar-refractivity contribution in [3.8, 4) is 11.5 Å². The van der Waals surface area contributed by atoms with Gasteiger partial charge in [0.1, 0.15) is 17.3 Å². The van der Waals surface area contributed by atoms with Gasteiger partial charge in [-0.05, 0) is 48.9 Å². The van der Waals surface area contributed by atoms with Gasteiger partial charge in [-0.3, -0.25) is 0 Å². The van der Waals surface area contributed by atoms with Crippen molar-refractivity contribution in [1.82, 2.24) is 14.8 Å². The molecule has 0 aliphatic heterocycles. The topological polar surface area (TPSA) is 49.2 Å². The monoisotopic (exact) mass is 407 g/mol. The van der Waals surface area contributed by atoms with Crippen LogP contribution in [0.1, 0.15) is 24.4 Å². The zero-order valence-corrected chi connectivity index (χ0v) is 16.7. The minimum Gasteiger partial charge on any atom is -0.497 e. The van der Waals surface area contributed by atoms with E-state index in [4.69, 9.17) is 21.1 Å². The van der Waals surface area contributed by atoms with Crippen LogP contribution in [0, 0.1) is 5.82 Å². The zero-order chi connectivity index (χ0) is 19.4. The zero-order valence-electron chi connectivity index (χ0n) is 15.1. The summed E-state index contributed by atoms with van der Waals surface area (Å²) in [5.41, 5.74) is 0.843. The third-order valence-corrected chi connectivity index (χ3v) is 5.40. The molecule has 0 aliphatic rings. The van der Waals surface area contributed by atoms with Gasteiger partial charge in [0.25, 0.3) is 0 Å². The molecule has 1 aromatic heterocycles. The molecule has 0 saturated heterocycles. The lowest BCUT2D eigenvalue weighted by atomic mass is 10.2. The first-order valence-electron chi connectivity index (χ1n) is 8.24. The predicted octanol–water partition coefficient (Wildman–Crippen LogP) is 5.05. The summed E-state index contributed by atoms with van der Waals surface area (Å²) in [6.07, 6.45) is -0.278. The van der Waals surface area contributed by atoms with Gasteiger partial charge >= 0.3 is 0 Å². The number of aromatic nitrogens is 3. The fourth-order valence-corrected chi connectivity index (χ4v) is 3.73. The van der Waals surface area contributed by atoms with Gasteiger partial charge in [-0.1, -0.05) is 29.4 Å². The molecular weight excluding hydrogens is 389 g/mol. The first-order chi connectivity index (χ1) is 13.0. The second-order valence-electron chi connectivity index (χ2n) is 5.86. The standard InChI is InChI=1S/C19H19ClFN3O2S/c1-12(26-16-8-6-15(25-3)7-9-16)18-22-23-19(24(18)2)27-11-13-4-5-14(21)10-17(13)20/h4-10,12H,11H2,1-3H3. The maximum Gasteiger partial charge on any atom is 0.191 e. The van der Waals surface area contributed by atoms with E-state index < -0.39 is 0 Å². The molecule has 0 spiro atoms. The Morgan fingerprint density at radius 1 is 1.15 bits per heavy atom. The van der Waals surface area contributed by atoms with E-state index in [9.17, 15) is 4.39 Å². The van der Waals surface area contributed by atoms with Gasteiger partial charge in [-0.25, -0.2) is 4.39 Å². The summed E-state index contributed by atoms with van der Waals surface area (Å²) in [7, 11) is 3.51. The molecule has 1 atom stereocenters. The SMILES string of the molecule is COc1ccc(OC(C)c2nnc(SCc3ccc(F)cc3Cl)n2C)cc1. The van der Waals surface area contributed by atoms with Crippen LogP contribution in [0.4, 0.5) is 4.39 Å². The van der Waals surface area contributed by atoms with Crippen molar-refractivity contribution in [2.75, 3.05) is 7.11 Å². The van der Waals surface area contributed by atoms with E-state index in [1.54, 1.807) is 13.2 Å². The number of ether oxygens (including phenoxy) is 2. The Hall–Kier alpha value is -2.25. The summed E-state index contributed by atoms with van der Waals surface area (Å²) >= 11 is 7.56. The Labute approximate surface area is 166 Å². The van der Waals surface area contributed by atoms with Gasteiger partial charge in [-0.15, -0.1) is 10.2 Å². The van der Waals surface area contributed by atoms with Gasteiger partial charge in [0.05, 0.1) is 7.11 Å². The van der Waals surface area contributed by atoms with Crippen LogP contribution in [0.5, 0.6) is 11.5 Å². The van der Waals surface area contributed by atoms with Crippen LogP contribution in [-0.2, 0) is 12.8 Å². The third-order valence-electron chi connectivity index (χ3n) is 3.98. The highest BCUT2D eigenvalue weighted by Crippen LogP contribution is 2.28. The summed E-state index contributed by atoms with van der Waals surface area (Å²) in [4.78, 5) is 0. The molecule has 3 rings (SSSR count). The molecule has 0 N–H and O–H groups in total. The first kappa shape index (κ1) is 19.5. The van der Waals surface area contributed by atoms with Gasteiger partial charge in [0, 0.05) is 17.8 Å². The van der Waals surface area contributed by atoms with Crippen LogP contribution in [0.2, 0.25) is 5.02 Å². The smallest absolute Gasteiger partial charge is 0.191 e. The molecule has 1 heterocycles. The lowest BCUT2D eigenvalue weighted by Crippen LogP contribution is -2.10. The van der Waals surface area contributed by atoms with Crippen molar-refractivity contribution in [2.45, 2.75) is 23.9 Å². The van der Waals surface area contributed by atoms with Crippen LogP contribution in [0.3, 0.4) is 0 Å². The Bertz CT molecular complexity index is 918. The molecule has 27 heavy (non-hydrogen) atoms. The Morgan fingerprint density at radius 3 is 2.52 bits per heavy atom. The maximum atomic E-state index is 13.1. The number of benzene rings is 2. The minimum atomic E-state index is -0.348. The number of thioether (sulfide) groups is 1. The van der Waals surface area contributed by atoms with Crippen LogP contribution in [0.15, 0.2) is 47.6 Å². The fourth-order valence-electron chi connectivity index (χ4n) is 2.50. The lowest BCUT2D eigenvalue weighted by molar-refractivity contribution is 0.211. The van der Waals surface area contributed by atoms with E-state index in [0.29, 0.717) is 16.6 Å². The van der Waals surface area contributed by atoms with Crippen molar-refractivity contribution < 1.29 is 13.9 Å². The molecule has 0 bridgehead atoms. The normalized spacial score (nSPS) is 12.0. The molecule has 0 amide bonds. The number of rotatable bonds is 7. The second kappa shape index (κ2) is 8.63. The van der Waals surface area contributed by atoms with E-state index in [1.165, 1.54) is 23.9 Å².